The van der Waals surface area contributed by atoms with Crippen molar-refractivity contribution >= 4 is 0 Å². The summed E-state index contributed by atoms with van der Waals surface area (Å²) in [4.78, 5) is 0. The van der Waals surface area contributed by atoms with Gasteiger partial charge in [-0.2, -0.15) is 0 Å². The lowest BCUT2D eigenvalue weighted by molar-refractivity contribution is 0.632. The van der Waals surface area contributed by atoms with Crippen molar-refractivity contribution in [3.8, 4) is 0 Å². The van der Waals surface area contributed by atoms with E-state index in [2.05, 4.69) is 38.2 Å². The van der Waals surface area contributed by atoms with Gasteiger partial charge in [0.2, 0.25) is 0 Å². The Morgan fingerprint density at radius 1 is 1.33 bits per heavy atom. The fraction of sp³-hybridized carbons (Fsp3) is 0.750. The molecule has 0 bridgehead atoms. The van der Waals surface area contributed by atoms with Gasteiger partial charge in [0.25, 0.3) is 0 Å². The van der Waals surface area contributed by atoms with Crippen LogP contribution in [0.4, 0.5) is 0 Å². The van der Waals surface area contributed by atoms with E-state index in [0.717, 1.165) is 13.0 Å². The second-order valence-electron chi connectivity index (χ2n) is 2.44. The highest BCUT2D eigenvalue weighted by molar-refractivity contribution is 4.82. The third kappa shape index (κ3) is 7.70. The number of allylic oxidation sites excluding steroid dienone is 1. The van der Waals surface area contributed by atoms with Crippen LogP contribution in [-0.4, -0.2) is 12.6 Å². The molecule has 0 radical (unpaired) electrons. The molecule has 0 aliphatic carbocycles. The molecule has 0 aromatic carbocycles. The summed E-state index contributed by atoms with van der Waals surface area (Å²) in [6.07, 6.45) is 5.48. The van der Waals surface area contributed by atoms with Crippen LogP contribution in [0.3, 0.4) is 0 Å². The Bertz CT molecular complexity index is 74.6. The van der Waals surface area contributed by atoms with Crippen molar-refractivity contribution in [3.63, 3.8) is 0 Å². The van der Waals surface area contributed by atoms with Crippen molar-refractivity contribution < 1.29 is 0 Å². The first-order valence-corrected chi connectivity index (χ1v) is 3.65. The minimum atomic E-state index is 0.603. The minimum Gasteiger partial charge on any atom is -0.311 e. The minimum absolute atomic E-state index is 0.603. The standard InChI is InChI=1S/C8H17N/c1-4-5-6-7-9-8(2)3/h5-6,8-9H,4,7H2,1-3H3/b6-5-. The predicted octanol–water partition coefficient (Wildman–Crippen LogP) is 1.95. The number of rotatable bonds is 4. The van der Waals surface area contributed by atoms with Gasteiger partial charge in [-0.3, -0.25) is 0 Å². The lowest BCUT2D eigenvalue weighted by Gasteiger charge is -2.02. The molecular formula is C8H17N. The van der Waals surface area contributed by atoms with Crippen molar-refractivity contribution in [1.82, 2.24) is 5.32 Å². The van der Waals surface area contributed by atoms with Crippen LogP contribution in [0.25, 0.3) is 0 Å². The molecule has 0 rings (SSSR count). The topological polar surface area (TPSA) is 12.0 Å². The van der Waals surface area contributed by atoms with Gasteiger partial charge >= 0.3 is 0 Å². The highest BCUT2D eigenvalue weighted by Gasteiger charge is 1.84. The average molecular weight is 127 g/mol. The summed E-state index contributed by atoms with van der Waals surface area (Å²) in [5.74, 6) is 0. The van der Waals surface area contributed by atoms with E-state index in [9.17, 15) is 0 Å². The zero-order valence-corrected chi connectivity index (χ0v) is 6.65. The molecule has 0 atom stereocenters. The zero-order chi connectivity index (χ0) is 7.11. The number of hydrogen-bond acceptors (Lipinski definition) is 1. The summed E-state index contributed by atoms with van der Waals surface area (Å²) in [5.41, 5.74) is 0. The largest absolute Gasteiger partial charge is 0.311 e. The molecule has 0 aliphatic heterocycles. The Kier molecular flexibility index (Phi) is 5.64. The molecule has 0 heterocycles. The van der Waals surface area contributed by atoms with Crippen LogP contribution in [-0.2, 0) is 0 Å². The third-order valence-electron chi connectivity index (χ3n) is 1.05. The van der Waals surface area contributed by atoms with E-state index in [1.165, 1.54) is 0 Å². The van der Waals surface area contributed by atoms with Crippen LogP contribution < -0.4 is 5.32 Å². The predicted molar refractivity (Wildman–Crippen MR) is 42.6 cm³/mol. The van der Waals surface area contributed by atoms with Crippen molar-refractivity contribution in [2.75, 3.05) is 6.54 Å². The van der Waals surface area contributed by atoms with E-state index < -0.39 is 0 Å². The summed E-state index contributed by atoms with van der Waals surface area (Å²) in [6.45, 7) is 7.46. The molecule has 1 nitrogen and oxygen atoms in total. The Morgan fingerprint density at radius 3 is 2.44 bits per heavy atom. The Balaban J connectivity index is 2.99. The van der Waals surface area contributed by atoms with Crippen LogP contribution in [0, 0.1) is 0 Å². The zero-order valence-electron chi connectivity index (χ0n) is 6.65. The summed E-state index contributed by atoms with van der Waals surface area (Å²) >= 11 is 0. The van der Waals surface area contributed by atoms with Crippen LogP contribution in [0.1, 0.15) is 27.2 Å². The Morgan fingerprint density at radius 2 is 2.00 bits per heavy atom. The van der Waals surface area contributed by atoms with Crippen LogP contribution in [0.2, 0.25) is 0 Å². The molecule has 0 fully saturated rings. The molecule has 9 heavy (non-hydrogen) atoms. The third-order valence-corrected chi connectivity index (χ3v) is 1.05. The monoisotopic (exact) mass is 127 g/mol. The van der Waals surface area contributed by atoms with Crippen molar-refractivity contribution in [1.29, 1.82) is 0 Å². The van der Waals surface area contributed by atoms with E-state index in [0.29, 0.717) is 6.04 Å². The van der Waals surface area contributed by atoms with Gasteiger partial charge in [-0.1, -0.05) is 32.9 Å². The summed E-state index contributed by atoms with van der Waals surface area (Å²) in [5, 5.41) is 3.29. The highest BCUT2D eigenvalue weighted by Crippen LogP contribution is 1.79. The number of nitrogens with one attached hydrogen (secondary N) is 1. The summed E-state index contributed by atoms with van der Waals surface area (Å²) in [6, 6.07) is 0.603. The molecule has 0 aromatic rings. The van der Waals surface area contributed by atoms with Gasteiger partial charge in [0.05, 0.1) is 0 Å². The lowest BCUT2D eigenvalue weighted by Crippen LogP contribution is -2.22. The molecule has 0 saturated carbocycles. The van der Waals surface area contributed by atoms with Crippen LogP contribution in [0.5, 0.6) is 0 Å². The van der Waals surface area contributed by atoms with E-state index in [-0.39, 0.29) is 0 Å². The van der Waals surface area contributed by atoms with E-state index >= 15 is 0 Å². The quantitative estimate of drug-likeness (QED) is 0.569. The van der Waals surface area contributed by atoms with Gasteiger partial charge in [0, 0.05) is 12.6 Å². The first-order chi connectivity index (χ1) is 4.27. The molecule has 0 saturated heterocycles. The van der Waals surface area contributed by atoms with Gasteiger partial charge < -0.3 is 5.32 Å². The van der Waals surface area contributed by atoms with Gasteiger partial charge in [-0.25, -0.2) is 0 Å². The molecule has 0 unspecified atom stereocenters. The van der Waals surface area contributed by atoms with Gasteiger partial charge in [0.15, 0.2) is 0 Å². The van der Waals surface area contributed by atoms with E-state index in [1.54, 1.807) is 0 Å². The second kappa shape index (κ2) is 5.83. The Labute approximate surface area is 58.2 Å². The van der Waals surface area contributed by atoms with Crippen LogP contribution in [0.15, 0.2) is 12.2 Å². The fourth-order valence-electron chi connectivity index (χ4n) is 0.554. The average Bonchev–Trinajstić information content (AvgIpc) is 1.80. The summed E-state index contributed by atoms with van der Waals surface area (Å²) in [7, 11) is 0. The van der Waals surface area contributed by atoms with Crippen molar-refractivity contribution in [3.05, 3.63) is 12.2 Å². The maximum atomic E-state index is 3.29. The van der Waals surface area contributed by atoms with Crippen LogP contribution >= 0.6 is 0 Å². The van der Waals surface area contributed by atoms with Crippen molar-refractivity contribution in [2.45, 2.75) is 33.2 Å². The molecule has 0 aromatic heterocycles. The molecule has 0 aliphatic rings. The normalized spacial score (nSPS) is 11.6. The first kappa shape index (κ1) is 8.70. The molecule has 1 N–H and O–H groups in total. The lowest BCUT2D eigenvalue weighted by atomic mass is 10.3. The van der Waals surface area contributed by atoms with E-state index in [4.69, 9.17) is 0 Å². The molecular weight excluding hydrogens is 110 g/mol. The van der Waals surface area contributed by atoms with E-state index in [1.807, 2.05) is 0 Å². The smallest absolute Gasteiger partial charge is 0.0137 e. The summed E-state index contributed by atoms with van der Waals surface area (Å²) < 4.78 is 0. The van der Waals surface area contributed by atoms with Crippen molar-refractivity contribution in [2.24, 2.45) is 0 Å². The number of hydrogen-bond donors (Lipinski definition) is 1. The molecule has 0 spiro atoms. The van der Waals surface area contributed by atoms with Gasteiger partial charge in [0.1, 0.15) is 0 Å². The fourth-order valence-corrected chi connectivity index (χ4v) is 0.554. The second-order valence-corrected chi connectivity index (χ2v) is 2.44. The maximum Gasteiger partial charge on any atom is 0.0137 e. The van der Waals surface area contributed by atoms with Gasteiger partial charge in [-0.15, -0.1) is 0 Å². The Hall–Kier alpha value is -0.300. The highest BCUT2D eigenvalue weighted by atomic mass is 14.9. The first-order valence-electron chi connectivity index (χ1n) is 3.65. The molecule has 0 amide bonds. The van der Waals surface area contributed by atoms with Gasteiger partial charge in [-0.05, 0) is 6.42 Å². The SMILES string of the molecule is CC/C=C\CNC(C)C. The maximum absolute atomic E-state index is 3.29. The molecule has 1 heteroatoms. The molecule has 54 valence electrons.